The van der Waals surface area contributed by atoms with Crippen molar-refractivity contribution in [3.63, 3.8) is 0 Å². The highest BCUT2D eigenvalue weighted by Gasteiger charge is 2.73. The highest BCUT2D eigenvalue weighted by molar-refractivity contribution is 6.01. The van der Waals surface area contributed by atoms with Gasteiger partial charge >= 0.3 is 0 Å². The van der Waals surface area contributed by atoms with Crippen molar-refractivity contribution in [3.05, 3.63) is 69.6 Å². The SMILES string of the molecule is CCc1c(Cc2cc(C)cc(C)c2)c2[nH]ccc2n1CC1C2=C(C(C)CC(O)C3OC3(C)C)C(=O)CC2(C)C2(C)CCC3C(C)(CCC(=O)C3(C)C3CCCC3)C2C1O. The third-order valence-electron chi connectivity index (χ3n) is 18.5. The van der Waals surface area contributed by atoms with Crippen LogP contribution in [0.3, 0.4) is 0 Å². The largest absolute Gasteiger partial charge is 0.392 e. The summed E-state index contributed by atoms with van der Waals surface area (Å²) >= 11 is 0. The molecule has 7 nitrogen and oxygen atoms in total. The lowest BCUT2D eigenvalue weighted by Gasteiger charge is -2.70. The molecule has 4 saturated carbocycles. The molecule has 3 aromatic rings. The summed E-state index contributed by atoms with van der Waals surface area (Å²) in [6.45, 7) is 22.9. The van der Waals surface area contributed by atoms with Crippen LogP contribution in [0.15, 0.2) is 41.6 Å². The van der Waals surface area contributed by atoms with Crippen molar-refractivity contribution in [2.45, 2.75) is 177 Å². The number of nitrogens with zero attached hydrogens (tertiary/aromatic N) is 1. The summed E-state index contributed by atoms with van der Waals surface area (Å²) in [5.41, 5.74) is 8.89. The Labute approximate surface area is 353 Å². The summed E-state index contributed by atoms with van der Waals surface area (Å²) in [4.78, 5) is 32.9. The van der Waals surface area contributed by atoms with Gasteiger partial charge < -0.3 is 24.5 Å². The van der Waals surface area contributed by atoms with E-state index in [2.05, 4.69) is 95.4 Å². The monoisotopic (exact) mass is 805 g/mol. The third kappa shape index (κ3) is 5.96. The summed E-state index contributed by atoms with van der Waals surface area (Å²) in [5, 5.41) is 25.2. The van der Waals surface area contributed by atoms with Crippen LogP contribution in [0.25, 0.3) is 11.0 Å². The van der Waals surface area contributed by atoms with E-state index >= 15 is 0 Å². The molecule has 1 aliphatic heterocycles. The minimum atomic E-state index is -0.704. The van der Waals surface area contributed by atoms with Crippen molar-refractivity contribution in [2.24, 2.45) is 51.2 Å². The zero-order chi connectivity index (χ0) is 42.2. The number of hydrogen-bond donors (Lipinski definition) is 3. The summed E-state index contributed by atoms with van der Waals surface area (Å²) in [6.07, 6.45) is 10.9. The number of rotatable bonds is 10. The number of aliphatic hydroxyl groups excluding tert-OH is 2. The summed E-state index contributed by atoms with van der Waals surface area (Å²) < 4.78 is 8.39. The molecule has 1 aromatic carbocycles. The number of ketones is 2. The maximum atomic E-state index is 14.9. The molecule has 2 aromatic heterocycles. The number of aliphatic hydroxyl groups is 2. The molecule has 0 spiro atoms. The molecular weight excluding hydrogens is 733 g/mol. The van der Waals surface area contributed by atoms with E-state index < -0.39 is 17.6 Å². The van der Waals surface area contributed by atoms with Crippen molar-refractivity contribution in [1.82, 2.24) is 9.55 Å². The first kappa shape index (κ1) is 41.4. The third-order valence-corrected chi connectivity index (χ3v) is 18.5. The normalized spacial score (nSPS) is 37.8. The molecule has 11 atom stereocenters. The van der Waals surface area contributed by atoms with Crippen LogP contribution >= 0.6 is 0 Å². The number of aromatic nitrogens is 2. The zero-order valence-corrected chi connectivity index (χ0v) is 37.8. The Balaban J connectivity index is 1.20. The van der Waals surface area contributed by atoms with Gasteiger partial charge in [-0.1, -0.05) is 83.7 Å². The smallest absolute Gasteiger partial charge is 0.160 e. The Hall–Kier alpha value is -3.00. The van der Waals surface area contributed by atoms with Gasteiger partial charge in [0.25, 0.3) is 0 Å². The van der Waals surface area contributed by atoms with Gasteiger partial charge in [-0.25, -0.2) is 0 Å². The lowest BCUT2D eigenvalue weighted by atomic mass is 9.34. The number of hydrogen-bond acceptors (Lipinski definition) is 5. The quantitative estimate of drug-likeness (QED) is 0.177. The van der Waals surface area contributed by atoms with Crippen molar-refractivity contribution in [3.8, 4) is 0 Å². The molecule has 7 heteroatoms. The second kappa shape index (κ2) is 14.0. The molecule has 11 unspecified atom stereocenters. The predicted octanol–water partition coefficient (Wildman–Crippen LogP) is 10.2. The van der Waals surface area contributed by atoms with Gasteiger partial charge in [0.05, 0.1) is 28.8 Å². The molecule has 320 valence electrons. The molecule has 5 aliphatic carbocycles. The van der Waals surface area contributed by atoms with Gasteiger partial charge in [0.1, 0.15) is 11.9 Å². The average molecular weight is 805 g/mol. The first-order valence-electron chi connectivity index (χ1n) is 23.4. The molecular formula is C52H72N2O5. The minimum absolute atomic E-state index is 0.0767. The summed E-state index contributed by atoms with van der Waals surface area (Å²) in [7, 11) is 0. The van der Waals surface area contributed by atoms with Crippen LogP contribution < -0.4 is 0 Å². The lowest BCUT2D eigenvalue weighted by molar-refractivity contribution is -0.226. The Kier molecular flexibility index (Phi) is 9.82. The molecule has 3 heterocycles. The van der Waals surface area contributed by atoms with Crippen molar-refractivity contribution in [1.29, 1.82) is 0 Å². The van der Waals surface area contributed by atoms with Crippen LogP contribution in [0.4, 0.5) is 0 Å². The van der Waals surface area contributed by atoms with Crippen LogP contribution in [-0.4, -0.2) is 55.2 Å². The molecule has 0 bridgehead atoms. The van der Waals surface area contributed by atoms with Crippen molar-refractivity contribution >= 4 is 22.6 Å². The standard InChI is InChI=1S/C52H72N2O5/c1-11-36-34(26-32-23-29(2)22-30(3)24-32)44-37(18-21-53-44)54(36)28-35-43-42(31(4)25-38(55)47-48(5,6)59-47)39(56)27-51(43,9)50(8)20-16-40-49(7,46(50)45(35)58)19-17-41(57)52(40,10)33-14-12-13-15-33/h18,21-24,31,33,35,38,40,45-47,53,55,58H,11-17,19-20,25-28H2,1-10H3. The maximum Gasteiger partial charge on any atom is 0.160 e. The Morgan fingerprint density at radius 2 is 1.66 bits per heavy atom. The van der Waals surface area contributed by atoms with Crippen LogP contribution in [0.5, 0.6) is 0 Å². The number of carbonyl (C=O) groups is 2. The van der Waals surface area contributed by atoms with Gasteiger partial charge in [0.2, 0.25) is 0 Å². The number of benzene rings is 1. The minimum Gasteiger partial charge on any atom is -0.392 e. The first-order chi connectivity index (χ1) is 27.8. The molecule has 6 aliphatic rings. The van der Waals surface area contributed by atoms with Crippen LogP contribution in [0.1, 0.15) is 148 Å². The molecule has 0 radical (unpaired) electrons. The number of fused-ring (bicyclic) bond motifs is 6. The number of epoxide rings is 1. The second-order valence-electron chi connectivity index (χ2n) is 22.2. The highest BCUT2D eigenvalue weighted by atomic mass is 16.6. The van der Waals surface area contributed by atoms with E-state index in [-0.39, 0.29) is 57.4 Å². The van der Waals surface area contributed by atoms with Gasteiger partial charge in [-0.05, 0) is 130 Å². The number of nitrogens with one attached hydrogen (secondary N) is 1. The number of allylic oxidation sites excluding steroid dienone is 1. The molecule has 3 N–H and O–H groups in total. The van der Waals surface area contributed by atoms with E-state index in [1.54, 1.807) is 0 Å². The zero-order valence-electron chi connectivity index (χ0n) is 37.8. The lowest BCUT2D eigenvalue weighted by Crippen LogP contribution is -2.68. The van der Waals surface area contributed by atoms with Gasteiger partial charge in [-0.15, -0.1) is 0 Å². The predicted molar refractivity (Wildman–Crippen MR) is 234 cm³/mol. The molecule has 59 heavy (non-hydrogen) atoms. The van der Waals surface area contributed by atoms with Crippen LogP contribution in [0, 0.1) is 65.1 Å². The van der Waals surface area contributed by atoms with E-state index in [9.17, 15) is 19.8 Å². The average Bonchev–Trinajstić information content (AvgIpc) is 3.71. The van der Waals surface area contributed by atoms with Crippen LogP contribution in [0.2, 0.25) is 0 Å². The molecule has 5 fully saturated rings. The first-order valence-corrected chi connectivity index (χ1v) is 23.4. The van der Waals surface area contributed by atoms with Gasteiger partial charge in [0, 0.05) is 60.0 Å². The fraction of sp³-hybridized carbons (Fsp3) is 0.692. The molecule has 1 saturated heterocycles. The Bertz CT molecular complexity index is 2200. The fourth-order valence-corrected chi connectivity index (χ4v) is 15.8. The van der Waals surface area contributed by atoms with Crippen LogP contribution in [-0.2, 0) is 33.7 Å². The fourth-order valence-electron chi connectivity index (χ4n) is 15.8. The maximum absolute atomic E-state index is 14.9. The summed E-state index contributed by atoms with van der Waals surface area (Å²) in [6, 6.07) is 9.03. The van der Waals surface area contributed by atoms with Gasteiger partial charge in [-0.3, -0.25) is 9.59 Å². The topological polar surface area (TPSA) is 108 Å². The summed E-state index contributed by atoms with van der Waals surface area (Å²) in [5.74, 6) is 0.678. The number of Topliss-reactive ketones (excluding diaryl/α,β-unsaturated/α-hetero) is 2. The van der Waals surface area contributed by atoms with Gasteiger partial charge in [0.15, 0.2) is 5.78 Å². The Morgan fingerprint density at radius 3 is 2.31 bits per heavy atom. The molecule has 9 rings (SSSR count). The van der Waals surface area contributed by atoms with E-state index in [0.717, 1.165) is 67.1 Å². The van der Waals surface area contributed by atoms with Crippen molar-refractivity contribution < 1.29 is 24.5 Å². The Morgan fingerprint density at radius 1 is 0.983 bits per heavy atom. The highest BCUT2D eigenvalue weighted by Crippen LogP contribution is 2.76. The second-order valence-corrected chi connectivity index (χ2v) is 22.2. The van der Waals surface area contributed by atoms with E-state index in [1.165, 1.54) is 40.8 Å². The van der Waals surface area contributed by atoms with Crippen molar-refractivity contribution in [2.75, 3.05) is 0 Å². The van der Waals surface area contributed by atoms with Gasteiger partial charge in [-0.2, -0.15) is 0 Å². The number of aromatic amines is 1. The van der Waals surface area contributed by atoms with E-state index in [4.69, 9.17) is 4.74 Å². The number of H-pyrrole nitrogens is 1. The van der Waals surface area contributed by atoms with E-state index in [1.807, 2.05) is 13.8 Å². The number of aryl methyl sites for hydroxylation is 2. The van der Waals surface area contributed by atoms with E-state index in [0.29, 0.717) is 37.5 Å². The number of carbonyl (C=O) groups excluding carboxylic acids is 2. The number of ether oxygens (including phenoxy) is 1. The molecule has 0 amide bonds.